The van der Waals surface area contributed by atoms with Crippen molar-refractivity contribution in [2.45, 2.75) is 45.6 Å². The van der Waals surface area contributed by atoms with Crippen LogP contribution in [0.1, 0.15) is 36.8 Å². The Labute approximate surface area is 152 Å². The average Bonchev–Trinajstić information content (AvgIpc) is 3.05. The van der Waals surface area contributed by atoms with Crippen LogP contribution in [0.3, 0.4) is 0 Å². The Bertz CT molecular complexity index is 830. The normalized spacial score (nSPS) is 18.8. The van der Waals surface area contributed by atoms with E-state index in [0.717, 1.165) is 17.7 Å². The number of hydrogen-bond donors (Lipinski definition) is 1. The van der Waals surface area contributed by atoms with Crippen LogP contribution >= 0.6 is 0 Å². The Morgan fingerprint density at radius 1 is 1.35 bits per heavy atom. The molecule has 7 nitrogen and oxygen atoms in total. The summed E-state index contributed by atoms with van der Waals surface area (Å²) in [6.07, 6.45) is 0.0698. The second kappa shape index (κ2) is 6.64. The molecule has 1 N–H and O–H groups in total. The van der Waals surface area contributed by atoms with Gasteiger partial charge < -0.3 is 19.5 Å². The number of carbonyl (C=O) groups is 1. The maximum Gasteiger partial charge on any atom is 0.267 e. The zero-order valence-corrected chi connectivity index (χ0v) is 15.0. The highest BCUT2D eigenvalue weighted by atomic mass is 16.6. The smallest absolute Gasteiger partial charge is 0.267 e. The molecule has 0 fully saturated rings. The summed E-state index contributed by atoms with van der Waals surface area (Å²) in [6, 6.07) is 7.59. The van der Waals surface area contributed by atoms with Crippen LogP contribution in [-0.4, -0.2) is 44.9 Å². The molecule has 0 saturated carbocycles. The monoisotopic (exact) mass is 357 g/mol. The lowest BCUT2D eigenvalue weighted by Gasteiger charge is -2.33. The van der Waals surface area contributed by atoms with Crippen molar-refractivity contribution in [2.75, 3.05) is 13.2 Å². The van der Waals surface area contributed by atoms with E-state index in [4.69, 9.17) is 9.47 Å². The lowest BCUT2D eigenvalue weighted by atomic mass is 10.0. The van der Waals surface area contributed by atoms with Crippen molar-refractivity contribution in [2.24, 2.45) is 0 Å². The molecule has 4 rings (SSSR count). The predicted octanol–water partition coefficient (Wildman–Crippen LogP) is 1.68. The van der Waals surface area contributed by atoms with Crippen LogP contribution in [0.5, 0.6) is 11.5 Å². The lowest BCUT2D eigenvalue weighted by Crippen LogP contribution is -2.48. The van der Waals surface area contributed by atoms with E-state index in [2.05, 4.69) is 18.9 Å². The summed E-state index contributed by atoms with van der Waals surface area (Å²) in [6.45, 7) is 5.26. The molecular formula is C19H23N3O4. The van der Waals surface area contributed by atoms with Gasteiger partial charge in [-0.3, -0.25) is 9.48 Å². The maximum atomic E-state index is 12.9. The topological polar surface area (TPSA) is 76.8 Å². The molecule has 1 aromatic carbocycles. The molecule has 0 saturated heterocycles. The second-order valence-electron chi connectivity index (χ2n) is 6.94. The van der Waals surface area contributed by atoms with Crippen molar-refractivity contribution >= 4 is 5.91 Å². The molecule has 7 heteroatoms. The zero-order chi connectivity index (χ0) is 18.3. The second-order valence-corrected chi connectivity index (χ2v) is 6.94. The van der Waals surface area contributed by atoms with E-state index < -0.39 is 6.10 Å². The van der Waals surface area contributed by atoms with Gasteiger partial charge in [0.15, 0.2) is 11.5 Å². The molecule has 138 valence electrons. The molecule has 2 aliphatic rings. The Morgan fingerprint density at radius 3 is 2.85 bits per heavy atom. The molecule has 0 bridgehead atoms. The summed E-state index contributed by atoms with van der Waals surface area (Å²) < 4.78 is 13.5. The van der Waals surface area contributed by atoms with Gasteiger partial charge in [0.2, 0.25) is 6.10 Å². The van der Waals surface area contributed by atoms with Gasteiger partial charge in [-0.15, -0.1) is 0 Å². The van der Waals surface area contributed by atoms with Gasteiger partial charge in [-0.1, -0.05) is 12.1 Å². The van der Waals surface area contributed by atoms with Gasteiger partial charge in [0.05, 0.1) is 12.3 Å². The molecular weight excluding hydrogens is 334 g/mol. The summed E-state index contributed by atoms with van der Waals surface area (Å²) in [5.41, 5.74) is 2.72. The number of amides is 1. The minimum atomic E-state index is -0.649. The zero-order valence-electron chi connectivity index (χ0n) is 15.0. The van der Waals surface area contributed by atoms with Gasteiger partial charge in [0.25, 0.3) is 5.91 Å². The predicted molar refractivity (Wildman–Crippen MR) is 94.0 cm³/mol. The third kappa shape index (κ3) is 2.82. The Balaban J connectivity index is 1.53. The number of ether oxygens (including phenoxy) is 2. The summed E-state index contributed by atoms with van der Waals surface area (Å²) in [7, 11) is 0. The summed E-state index contributed by atoms with van der Waals surface area (Å²) >= 11 is 0. The first-order chi connectivity index (χ1) is 12.6. The van der Waals surface area contributed by atoms with E-state index in [1.807, 2.05) is 22.9 Å². The minimum absolute atomic E-state index is 0.0914. The van der Waals surface area contributed by atoms with Crippen molar-refractivity contribution < 1.29 is 19.4 Å². The van der Waals surface area contributed by atoms with Crippen LogP contribution in [-0.2, 0) is 24.4 Å². The number of aromatic nitrogens is 2. The number of para-hydroxylation sites is 2. The highest BCUT2D eigenvalue weighted by molar-refractivity contribution is 5.82. The van der Waals surface area contributed by atoms with Crippen LogP contribution in [0, 0.1) is 0 Å². The van der Waals surface area contributed by atoms with Crippen LogP contribution < -0.4 is 9.47 Å². The lowest BCUT2D eigenvalue weighted by molar-refractivity contribution is -0.142. The molecule has 1 unspecified atom stereocenters. The highest BCUT2D eigenvalue weighted by Crippen LogP contribution is 2.32. The van der Waals surface area contributed by atoms with Crippen molar-refractivity contribution in [3.05, 3.63) is 41.2 Å². The van der Waals surface area contributed by atoms with Crippen LogP contribution in [0.2, 0.25) is 0 Å². The molecule has 1 atom stereocenters. The molecule has 0 aliphatic carbocycles. The van der Waals surface area contributed by atoms with Gasteiger partial charge in [-0.2, -0.15) is 5.10 Å². The molecule has 0 radical (unpaired) electrons. The fourth-order valence-corrected chi connectivity index (χ4v) is 3.60. The van der Waals surface area contributed by atoms with Gasteiger partial charge in [0, 0.05) is 36.8 Å². The maximum absolute atomic E-state index is 12.9. The van der Waals surface area contributed by atoms with E-state index in [1.165, 1.54) is 0 Å². The first-order valence-corrected chi connectivity index (χ1v) is 8.95. The number of nitrogens with zero attached hydrogens (tertiary/aromatic N) is 3. The largest absolute Gasteiger partial charge is 0.485 e. The van der Waals surface area contributed by atoms with E-state index in [1.54, 1.807) is 11.0 Å². The quantitative estimate of drug-likeness (QED) is 0.904. The number of benzene rings is 1. The van der Waals surface area contributed by atoms with Crippen molar-refractivity contribution in [3.63, 3.8) is 0 Å². The van der Waals surface area contributed by atoms with E-state index in [-0.39, 0.29) is 25.2 Å². The SMILES string of the molecule is CC(C)n1nc(CO)c2c1CCN(C(=O)C1COc3ccccc3O1)C2. The Hall–Kier alpha value is -2.54. The summed E-state index contributed by atoms with van der Waals surface area (Å²) in [5.74, 6) is 1.17. The van der Waals surface area contributed by atoms with Crippen molar-refractivity contribution in [1.29, 1.82) is 0 Å². The third-order valence-electron chi connectivity index (χ3n) is 4.90. The van der Waals surface area contributed by atoms with Gasteiger partial charge in [-0.25, -0.2) is 0 Å². The van der Waals surface area contributed by atoms with Gasteiger partial charge >= 0.3 is 0 Å². The fourth-order valence-electron chi connectivity index (χ4n) is 3.60. The van der Waals surface area contributed by atoms with Gasteiger partial charge in [-0.05, 0) is 26.0 Å². The molecule has 2 aromatic rings. The Kier molecular flexibility index (Phi) is 4.32. The number of rotatable bonds is 3. The fraction of sp³-hybridized carbons (Fsp3) is 0.474. The number of aliphatic hydroxyl groups excluding tert-OH is 1. The van der Waals surface area contributed by atoms with Gasteiger partial charge in [0.1, 0.15) is 6.61 Å². The molecule has 1 aromatic heterocycles. The first kappa shape index (κ1) is 16.9. The van der Waals surface area contributed by atoms with Crippen molar-refractivity contribution in [3.8, 4) is 11.5 Å². The van der Waals surface area contributed by atoms with Crippen LogP contribution in [0.4, 0.5) is 0 Å². The number of carbonyl (C=O) groups excluding carboxylic acids is 1. The average molecular weight is 357 g/mol. The van der Waals surface area contributed by atoms with E-state index in [0.29, 0.717) is 30.3 Å². The Morgan fingerprint density at radius 2 is 2.12 bits per heavy atom. The van der Waals surface area contributed by atoms with Crippen LogP contribution in [0.15, 0.2) is 24.3 Å². The third-order valence-corrected chi connectivity index (χ3v) is 4.90. The number of hydrogen-bond acceptors (Lipinski definition) is 5. The van der Waals surface area contributed by atoms with Crippen LogP contribution in [0.25, 0.3) is 0 Å². The summed E-state index contributed by atoms with van der Waals surface area (Å²) in [4.78, 5) is 14.7. The molecule has 26 heavy (non-hydrogen) atoms. The van der Waals surface area contributed by atoms with E-state index >= 15 is 0 Å². The van der Waals surface area contributed by atoms with E-state index in [9.17, 15) is 9.90 Å². The molecule has 1 amide bonds. The first-order valence-electron chi connectivity index (χ1n) is 8.95. The standard InChI is InChI=1S/C19H23N3O4/c1-12(2)22-15-7-8-21(9-13(15)14(10-23)20-22)19(24)18-11-25-16-5-3-4-6-17(16)26-18/h3-6,12,18,23H,7-11H2,1-2H3. The highest BCUT2D eigenvalue weighted by Gasteiger charge is 2.34. The van der Waals surface area contributed by atoms with Crippen molar-refractivity contribution in [1.82, 2.24) is 14.7 Å². The summed E-state index contributed by atoms with van der Waals surface area (Å²) in [5, 5.41) is 14.2. The minimum Gasteiger partial charge on any atom is -0.485 e. The molecule has 3 heterocycles. The number of fused-ring (bicyclic) bond motifs is 2. The number of aliphatic hydroxyl groups is 1. The molecule has 0 spiro atoms. The molecule has 2 aliphatic heterocycles.